The van der Waals surface area contributed by atoms with E-state index in [9.17, 15) is 18.8 Å². The Labute approximate surface area is 219 Å². The van der Waals surface area contributed by atoms with Gasteiger partial charge in [-0.25, -0.2) is 4.39 Å². The number of nitrogens with two attached hydrogens (primary N) is 2. The van der Waals surface area contributed by atoms with Crippen LogP contribution in [0.5, 0.6) is 0 Å². The highest BCUT2D eigenvalue weighted by Gasteiger charge is 2.37. The molecule has 1 saturated carbocycles. The summed E-state index contributed by atoms with van der Waals surface area (Å²) in [6, 6.07) is 9.93. The van der Waals surface area contributed by atoms with E-state index in [0.29, 0.717) is 11.3 Å². The number of rotatable bonds is 7. The number of primary amides is 1. The van der Waals surface area contributed by atoms with Crippen LogP contribution in [0.4, 0.5) is 15.8 Å². The van der Waals surface area contributed by atoms with Crippen LogP contribution in [0.2, 0.25) is 0 Å². The topological polar surface area (TPSA) is 131 Å². The first-order chi connectivity index (χ1) is 17.7. The minimum Gasteiger partial charge on any atom is -0.395 e. The Balaban J connectivity index is 1.88. The van der Waals surface area contributed by atoms with Crippen LogP contribution < -0.4 is 21.7 Å². The molecule has 4 rings (SSSR count). The van der Waals surface area contributed by atoms with E-state index in [1.54, 1.807) is 0 Å². The summed E-state index contributed by atoms with van der Waals surface area (Å²) in [5.74, 6) is -2.30. The van der Waals surface area contributed by atoms with Gasteiger partial charge in [0.1, 0.15) is 16.7 Å². The van der Waals surface area contributed by atoms with E-state index in [2.05, 4.69) is 9.69 Å². The molecule has 3 aromatic rings. The fourth-order valence-corrected chi connectivity index (χ4v) is 5.42. The third-order valence-corrected chi connectivity index (χ3v) is 7.49. The Hall–Kier alpha value is -3.79. The molecule has 10 heteroatoms. The molecule has 3 amide bonds. The minimum atomic E-state index is -1.13. The molecule has 37 heavy (non-hydrogen) atoms. The summed E-state index contributed by atoms with van der Waals surface area (Å²) in [7, 11) is 0. The monoisotopic (exact) mass is 523 g/mol. The van der Waals surface area contributed by atoms with Crippen LogP contribution in [-0.2, 0) is 4.79 Å². The average Bonchev–Trinajstić information content (AvgIpc) is 3.26. The first kappa shape index (κ1) is 26.3. The van der Waals surface area contributed by atoms with E-state index in [1.165, 1.54) is 29.2 Å². The van der Waals surface area contributed by atoms with Crippen molar-refractivity contribution in [3.8, 4) is 0 Å². The molecule has 8 nitrogen and oxygen atoms in total. The second-order valence-corrected chi connectivity index (χ2v) is 10.2. The van der Waals surface area contributed by atoms with E-state index in [1.807, 2.05) is 32.0 Å². The Morgan fingerprint density at radius 3 is 2.38 bits per heavy atom. The highest BCUT2D eigenvalue weighted by Crippen LogP contribution is 2.35. The zero-order chi connectivity index (χ0) is 26.7. The van der Waals surface area contributed by atoms with Crippen molar-refractivity contribution in [2.45, 2.75) is 58.0 Å². The lowest BCUT2D eigenvalue weighted by Gasteiger charge is -2.34. The van der Waals surface area contributed by atoms with Crippen molar-refractivity contribution in [1.82, 2.24) is 9.69 Å². The van der Waals surface area contributed by atoms with Gasteiger partial charge in [-0.3, -0.25) is 19.3 Å². The number of nitrogens with zero attached hydrogens (tertiary/aromatic N) is 2. The first-order valence-electron chi connectivity index (χ1n) is 12.2. The third-order valence-electron chi connectivity index (χ3n) is 6.64. The zero-order valence-corrected chi connectivity index (χ0v) is 21.6. The number of aryl methyl sites for hydroxylation is 2. The van der Waals surface area contributed by atoms with Crippen LogP contribution in [0.3, 0.4) is 0 Å². The Kier molecular flexibility index (Phi) is 7.87. The molecule has 5 N–H and O–H groups in total. The van der Waals surface area contributed by atoms with Gasteiger partial charge in [0.25, 0.3) is 11.8 Å². The molecule has 1 heterocycles. The number of hydrogen-bond acceptors (Lipinski definition) is 6. The fraction of sp³-hybridized carbons (Fsp3) is 0.333. The maximum atomic E-state index is 14.2. The molecule has 0 spiro atoms. The van der Waals surface area contributed by atoms with Crippen LogP contribution in [-0.4, -0.2) is 28.1 Å². The van der Waals surface area contributed by atoms with Crippen LogP contribution in [0.25, 0.3) is 0 Å². The minimum absolute atomic E-state index is 0.00714. The van der Waals surface area contributed by atoms with Crippen molar-refractivity contribution in [1.29, 1.82) is 0 Å². The zero-order valence-electron chi connectivity index (χ0n) is 20.8. The number of benzene rings is 2. The van der Waals surface area contributed by atoms with Gasteiger partial charge in [0.2, 0.25) is 5.91 Å². The molecular formula is C27H30FN5O3S. The molecule has 0 radical (unpaired) electrons. The van der Waals surface area contributed by atoms with E-state index >= 15 is 0 Å². The smallest absolute Gasteiger partial charge is 0.273 e. The molecule has 0 saturated heterocycles. The van der Waals surface area contributed by atoms with Gasteiger partial charge in [0.15, 0.2) is 5.69 Å². The average molecular weight is 524 g/mol. The molecule has 1 aromatic heterocycles. The molecule has 1 fully saturated rings. The highest BCUT2D eigenvalue weighted by atomic mass is 32.1. The van der Waals surface area contributed by atoms with Crippen LogP contribution in [0, 0.1) is 19.7 Å². The second-order valence-electron chi connectivity index (χ2n) is 9.40. The van der Waals surface area contributed by atoms with Gasteiger partial charge in [0, 0.05) is 11.7 Å². The number of anilines is 2. The quantitative estimate of drug-likeness (QED) is 0.422. The van der Waals surface area contributed by atoms with Crippen LogP contribution in [0.15, 0.2) is 42.5 Å². The number of nitrogens with one attached hydrogen (secondary N) is 1. The number of halogens is 1. The van der Waals surface area contributed by atoms with E-state index in [4.69, 9.17) is 11.5 Å². The van der Waals surface area contributed by atoms with Crippen LogP contribution >= 0.6 is 11.5 Å². The highest BCUT2D eigenvalue weighted by molar-refractivity contribution is 7.09. The standard InChI is InChI=1S/C27H30FN5O3S/c1-15-8-9-16(2)20(14-15)33(27(36)24-21(29)22(25(30)34)32-37-24)23(17-10-12-18(28)13-11-17)26(35)31-19-6-4-3-5-7-19/h8-14,19,23H,3-7,29H2,1-2H3,(H2,30,34)(H,31,35). The number of carbonyl (C=O) groups excluding carboxylic acids is 3. The molecular weight excluding hydrogens is 493 g/mol. The van der Waals surface area contributed by atoms with E-state index in [-0.39, 0.29) is 28.2 Å². The fourth-order valence-electron chi connectivity index (χ4n) is 4.67. The van der Waals surface area contributed by atoms with Gasteiger partial charge < -0.3 is 16.8 Å². The lowest BCUT2D eigenvalue weighted by atomic mass is 9.94. The summed E-state index contributed by atoms with van der Waals surface area (Å²) >= 11 is 0.749. The van der Waals surface area contributed by atoms with E-state index in [0.717, 1.165) is 54.8 Å². The van der Waals surface area contributed by atoms with Gasteiger partial charge in [-0.2, -0.15) is 4.37 Å². The molecule has 194 valence electrons. The molecule has 0 bridgehead atoms. The third kappa shape index (κ3) is 5.64. The summed E-state index contributed by atoms with van der Waals surface area (Å²) in [4.78, 5) is 41.2. The molecule has 0 aliphatic heterocycles. The van der Waals surface area contributed by atoms with Gasteiger partial charge in [0.05, 0.1) is 5.69 Å². The van der Waals surface area contributed by atoms with Crippen molar-refractivity contribution in [2.24, 2.45) is 5.73 Å². The number of nitrogen functional groups attached to an aromatic ring is 1. The maximum Gasteiger partial charge on any atom is 0.273 e. The SMILES string of the molecule is Cc1ccc(C)c(N(C(=O)c2snc(C(N)=O)c2N)C(C(=O)NC2CCCCC2)c2ccc(F)cc2)c1. The normalized spacial score (nSPS) is 14.7. The molecule has 1 aliphatic rings. The van der Waals surface area contributed by atoms with Gasteiger partial charge in [-0.15, -0.1) is 0 Å². The Bertz CT molecular complexity index is 1320. The summed E-state index contributed by atoms with van der Waals surface area (Å²) in [6.07, 6.45) is 4.85. The van der Waals surface area contributed by atoms with Crippen molar-refractivity contribution in [3.63, 3.8) is 0 Å². The van der Waals surface area contributed by atoms with Crippen molar-refractivity contribution in [3.05, 3.63) is 75.5 Å². The molecule has 1 atom stereocenters. The number of hydrogen-bond donors (Lipinski definition) is 3. The summed E-state index contributed by atoms with van der Waals surface area (Å²) in [5, 5.41) is 3.12. The van der Waals surface area contributed by atoms with Gasteiger partial charge in [-0.1, -0.05) is 43.5 Å². The first-order valence-corrected chi connectivity index (χ1v) is 13.0. The van der Waals surface area contributed by atoms with Crippen molar-refractivity contribution in [2.75, 3.05) is 10.6 Å². The summed E-state index contributed by atoms with van der Waals surface area (Å²) in [5.41, 5.74) is 13.7. The lowest BCUT2D eigenvalue weighted by Crippen LogP contribution is -2.47. The lowest BCUT2D eigenvalue weighted by molar-refractivity contribution is -0.123. The molecule has 2 aromatic carbocycles. The van der Waals surface area contributed by atoms with E-state index < -0.39 is 23.7 Å². The maximum absolute atomic E-state index is 14.2. The summed E-state index contributed by atoms with van der Waals surface area (Å²) in [6.45, 7) is 3.72. The van der Waals surface area contributed by atoms with Crippen LogP contribution in [0.1, 0.15) is 75.0 Å². The second kappa shape index (κ2) is 11.1. The molecule has 1 unspecified atom stereocenters. The van der Waals surface area contributed by atoms with Gasteiger partial charge in [-0.05, 0) is 73.1 Å². The number of amides is 3. The number of aromatic nitrogens is 1. The Morgan fingerprint density at radius 2 is 1.76 bits per heavy atom. The molecule has 1 aliphatic carbocycles. The van der Waals surface area contributed by atoms with Crippen molar-refractivity contribution >= 4 is 40.6 Å². The number of carbonyl (C=O) groups is 3. The largest absolute Gasteiger partial charge is 0.395 e. The predicted octanol–water partition coefficient (Wildman–Crippen LogP) is 4.42. The van der Waals surface area contributed by atoms with Gasteiger partial charge >= 0.3 is 0 Å². The Morgan fingerprint density at radius 1 is 1.08 bits per heavy atom. The van der Waals surface area contributed by atoms with Crippen molar-refractivity contribution < 1.29 is 18.8 Å². The predicted molar refractivity (Wildman–Crippen MR) is 142 cm³/mol. The summed E-state index contributed by atoms with van der Waals surface area (Å²) < 4.78 is 17.9.